The average Bonchev–Trinajstić information content (AvgIpc) is 2.66. The standard InChI is InChI=1S/C18H26N2O5/c1-5-16(21)19-13-6-8-20(9-7-13)18(22)12-10-14(23-2)17(25-4)15(11-12)24-3/h10-11,13H,5-9H2,1-4H3,(H,19,21). The second-order valence-electron chi connectivity index (χ2n) is 5.90. The van der Waals surface area contributed by atoms with Crippen LogP contribution >= 0.6 is 0 Å². The molecule has 2 rings (SSSR count). The second kappa shape index (κ2) is 8.60. The Morgan fingerprint density at radius 2 is 1.64 bits per heavy atom. The molecular formula is C18H26N2O5. The van der Waals surface area contributed by atoms with E-state index >= 15 is 0 Å². The number of rotatable bonds is 6. The van der Waals surface area contributed by atoms with Crippen molar-refractivity contribution in [2.75, 3.05) is 34.4 Å². The number of hydrogen-bond donors (Lipinski definition) is 1. The van der Waals surface area contributed by atoms with Crippen LogP contribution in [0.15, 0.2) is 12.1 Å². The highest BCUT2D eigenvalue weighted by molar-refractivity contribution is 5.95. The van der Waals surface area contributed by atoms with Crippen molar-refractivity contribution in [2.45, 2.75) is 32.2 Å². The Bertz CT molecular complexity index is 599. The molecule has 0 bridgehead atoms. The van der Waals surface area contributed by atoms with E-state index < -0.39 is 0 Å². The molecule has 1 fully saturated rings. The zero-order valence-corrected chi connectivity index (χ0v) is 15.3. The van der Waals surface area contributed by atoms with Gasteiger partial charge in [-0.3, -0.25) is 9.59 Å². The summed E-state index contributed by atoms with van der Waals surface area (Å²) >= 11 is 0. The van der Waals surface area contributed by atoms with Gasteiger partial charge in [0, 0.05) is 31.1 Å². The van der Waals surface area contributed by atoms with Gasteiger partial charge < -0.3 is 24.4 Å². The molecule has 7 heteroatoms. The van der Waals surface area contributed by atoms with Gasteiger partial charge in [0.2, 0.25) is 11.7 Å². The smallest absolute Gasteiger partial charge is 0.254 e. The first kappa shape index (κ1) is 18.9. The molecule has 1 aliphatic heterocycles. The van der Waals surface area contributed by atoms with Gasteiger partial charge in [-0.2, -0.15) is 0 Å². The Morgan fingerprint density at radius 1 is 1.08 bits per heavy atom. The van der Waals surface area contributed by atoms with Gasteiger partial charge in [-0.25, -0.2) is 0 Å². The molecular weight excluding hydrogens is 324 g/mol. The summed E-state index contributed by atoms with van der Waals surface area (Å²) < 4.78 is 15.9. The maximum atomic E-state index is 12.8. The number of benzene rings is 1. The van der Waals surface area contributed by atoms with Crippen molar-refractivity contribution in [3.8, 4) is 17.2 Å². The summed E-state index contributed by atoms with van der Waals surface area (Å²) in [6, 6.07) is 3.46. The fraction of sp³-hybridized carbons (Fsp3) is 0.556. The molecule has 0 aromatic heterocycles. The minimum absolute atomic E-state index is 0.0504. The molecule has 7 nitrogen and oxygen atoms in total. The van der Waals surface area contributed by atoms with Crippen LogP contribution in [-0.2, 0) is 4.79 Å². The van der Waals surface area contributed by atoms with Crippen molar-refractivity contribution in [2.24, 2.45) is 0 Å². The molecule has 1 saturated heterocycles. The van der Waals surface area contributed by atoms with Crippen molar-refractivity contribution in [1.29, 1.82) is 0 Å². The minimum atomic E-state index is -0.0838. The molecule has 2 amide bonds. The fourth-order valence-electron chi connectivity index (χ4n) is 2.94. The molecule has 1 aromatic carbocycles. The van der Waals surface area contributed by atoms with E-state index in [0.29, 0.717) is 42.3 Å². The molecule has 1 heterocycles. The van der Waals surface area contributed by atoms with E-state index in [4.69, 9.17) is 14.2 Å². The van der Waals surface area contributed by atoms with Crippen LogP contribution < -0.4 is 19.5 Å². The molecule has 1 aliphatic rings. The molecule has 138 valence electrons. The van der Waals surface area contributed by atoms with Crippen LogP contribution in [0.25, 0.3) is 0 Å². The largest absolute Gasteiger partial charge is 0.493 e. The van der Waals surface area contributed by atoms with Crippen molar-refractivity contribution >= 4 is 11.8 Å². The number of carbonyl (C=O) groups is 2. The molecule has 0 unspecified atom stereocenters. The minimum Gasteiger partial charge on any atom is -0.493 e. The monoisotopic (exact) mass is 350 g/mol. The molecule has 0 radical (unpaired) electrons. The maximum absolute atomic E-state index is 12.8. The molecule has 0 saturated carbocycles. The summed E-state index contributed by atoms with van der Waals surface area (Å²) in [5.74, 6) is 1.34. The summed E-state index contributed by atoms with van der Waals surface area (Å²) in [5, 5.41) is 2.99. The number of nitrogens with zero attached hydrogens (tertiary/aromatic N) is 1. The number of hydrogen-bond acceptors (Lipinski definition) is 5. The Hall–Kier alpha value is -2.44. The summed E-state index contributed by atoms with van der Waals surface area (Å²) in [7, 11) is 4.57. The topological polar surface area (TPSA) is 77.1 Å². The third-order valence-corrected chi connectivity index (χ3v) is 4.38. The van der Waals surface area contributed by atoms with Crippen LogP contribution in [-0.4, -0.2) is 57.2 Å². The van der Waals surface area contributed by atoms with Crippen LogP contribution in [0.2, 0.25) is 0 Å². The third-order valence-electron chi connectivity index (χ3n) is 4.38. The van der Waals surface area contributed by atoms with E-state index in [-0.39, 0.29) is 17.9 Å². The lowest BCUT2D eigenvalue weighted by molar-refractivity contribution is -0.121. The quantitative estimate of drug-likeness (QED) is 0.847. The third kappa shape index (κ3) is 4.35. The zero-order chi connectivity index (χ0) is 18.4. The summed E-state index contributed by atoms with van der Waals surface area (Å²) in [4.78, 5) is 26.1. The first-order valence-corrected chi connectivity index (χ1v) is 8.42. The number of methoxy groups -OCH3 is 3. The first-order valence-electron chi connectivity index (χ1n) is 8.42. The number of piperidine rings is 1. The van der Waals surface area contributed by atoms with E-state index in [0.717, 1.165) is 12.8 Å². The molecule has 25 heavy (non-hydrogen) atoms. The van der Waals surface area contributed by atoms with Gasteiger partial charge in [0.25, 0.3) is 5.91 Å². The first-order chi connectivity index (χ1) is 12.0. The molecule has 0 aliphatic carbocycles. The van der Waals surface area contributed by atoms with Crippen LogP contribution in [0.3, 0.4) is 0 Å². The van der Waals surface area contributed by atoms with Crippen LogP contribution in [0.4, 0.5) is 0 Å². The van der Waals surface area contributed by atoms with Crippen molar-refractivity contribution < 1.29 is 23.8 Å². The lowest BCUT2D eigenvalue weighted by Gasteiger charge is -2.32. The average molecular weight is 350 g/mol. The second-order valence-corrected chi connectivity index (χ2v) is 5.90. The van der Waals surface area contributed by atoms with Gasteiger partial charge in [-0.1, -0.05) is 6.92 Å². The van der Waals surface area contributed by atoms with E-state index in [1.165, 1.54) is 21.3 Å². The highest BCUT2D eigenvalue weighted by atomic mass is 16.5. The van der Waals surface area contributed by atoms with Gasteiger partial charge in [0.15, 0.2) is 11.5 Å². The van der Waals surface area contributed by atoms with Gasteiger partial charge in [0.1, 0.15) is 0 Å². The van der Waals surface area contributed by atoms with Crippen molar-refractivity contribution in [3.63, 3.8) is 0 Å². The van der Waals surface area contributed by atoms with Crippen molar-refractivity contribution in [1.82, 2.24) is 10.2 Å². The van der Waals surface area contributed by atoms with E-state index in [1.807, 2.05) is 6.92 Å². The van der Waals surface area contributed by atoms with E-state index in [9.17, 15) is 9.59 Å². The van der Waals surface area contributed by atoms with Gasteiger partial charge in [-0.05, 0) is 25.0 Å². The predicted octanol–water partition coefficient (Wildman–Crippen LogP) is 1.84. The van der Waals surface area contributed by atoms with E-state index in [2.05, 4.69) is 5.32 Å². The van der Waals surface area contributed by atoms with Crippen molar-refractivity contribution in [3.05, 3.63) is 17.7 Å². The lowest BCUT2D eigenvalue weighted by atomic mass is 10.0. The number of nitrogens with one attached hydrogen (secondary N) is 1. The molecule has 0 atom stereocenters. The number of likely N-dealkylation sites (tertiary alicyclic amines) is 1. The Labute approximate surface area is 148 Å². The van der Waals surface area contributed by atoms with Gasteiger partial charge in [0.05, 0.1) is 21.3 Å². The molecule has 1 aromatic rings. The van der Waals surface area contributed by atoms with Crippen LogP contribution in [0, 0.1) is 0 Å². The van der Waals surface area contributed by atoms with Gasteiger partial charge in [-0.15, -0.1) is 0 Å². The zero-order valence-electron chi connectivity index (χ0n) is 15.3. The van der Waals surface area contributed by atoms with Crippen LogP contribution in [0.1, 0.15) is 36.5 Å². The number of ether oxygens (including phenoxy) is 3. The fourth-order valence-corrected chi connectivity index (χ4v) is 2.94. The highest BCUT2D eigenvalue weighted by Gasteiger charge is 2.26. The number of amides is 2. The molecule has 0 spiro atoms. The summed E-state index contributed by atoms with van der Waals surface area (Å²) in [6.45, 7) is 3.03. The Morgan fingerprint density at radius 3 is 2.08 bits per heavy atom. The summed E-state index contributed by atoms with van der Waals surface area (Å²) in [5.41, 5.74) is 0.491. The van der Waals surface area contributed by atoms with Gasteiger partial charge >= 0.3 is 0 Å². The summed E-state index contributed by atoms with van der Waals surface area (Å²) in [6.07, 6.45) is 1.98. The van der Waals surface area contributed by atoms with E-state index in [1.54, 1.807) is 17.0 Å². The van der Waals surface area contributed by atoms with Crippen LogP contribution in [0.5, 0.6) is 17.2 Å². The highest BCUT2D eigenvalue weighted by Crippen LogP contribution is 2.38. The predicted molar refractivity (Wildman–Crippen MR) is 93.5 cm³/mol. The number of carbonyl (C=O) groups excluding carboxylic acids is 2. The Kier molecular flexibility index (Phi) is 6.50. The SMILES string of the molecule is CCC(=O)NC1CCN(C(=O)c2cc(OC)c(OC)c(OC)c2)CC1. The lowest BCUT2D eigenvalue weighted by Crippen LogP contribution is -2.46. The molecule has 1 N–H and O–H groups in total. The Balaban J connectivity index is 2.10. The normalized spacial score (nSPS) is 14.8. The maximum Gasteiger partial charge on any atom is 0.254 e.